The van der Waals surface area contributed by atoms with Gasteiger partial charge < -0.3 is 9.15 Å². The van der Waals surface area contributed by atoms with Gasteiger partial charge in [0.1, 0.15) is 6.07 Å². The smallest absolute Gasteiger partial charge is 0.260 e. The van der Waals surface area contributed by atoms with Crippen LogP contribution in [0.15, 0.2) is 15.8 Å². The first-order chi connectivity index (χ1) is 5.88. The van der Waals surface area contributed by atoms with Crippen LogP contribution in [0.4, 0.5) is 5.88 Å². The molecule has 12 heavy (non-hydrogen) atoms. The van der Waals surface area contributed by atoms with Crippen LogP contribution in [0.25, 0.3) is 0 Å². The van der Waals surface area contributed by atoms with E-state index in [1.54, 1.807) is 0 Å². The van der Waals surface area contributed by atoms with E-state index in [9.17, 15) is 0 Å². The summed E-state index contributed by atoms with van der Waals surface area (Å²) in [4.78, 5) is 7.34. The fourth-order valence-corrected chi connectivity index (χ4v) is 0.568. The van der Waals surface area contributed by atoms with Crippen molar-refractivity contribution in [3.63, 3.8) is 0 Å². The molecule has 1 rings (SSSR count). The molecular formula is C7H7N3O2. The lowest BCUT2D eigenvalue weighted by Gasteiger charge is -1.88. The molecule has 0 saturated carbocycles. The van der Waals surface area contributed by atoms with E-state index in [0.717, 1.165) is 6.39 Å². The van der Waals surface area contributed by atoms with Gasteiger partial charge in [0.25, 0.3) is 5.88 Å². The van der Waals surface area contributed by atoms with E-state index >= 15 is 0 Å². The summed E-state index contributed by atoms with van der Waals surface area (Å²) in [5.74, 6) is 0.172. The second kappa shape index (κ2) is 4.13. The molecule has 0 aliphatic rings. The topological polar surface area (TPSA) is 71.4 Å². The van der Waals surface area contributed by atoms with E-state index in [1.165, 1.54) is 6.40 Å². The van der Waals surface area contributed by atoms with Crippen molar-refractivity contribution in [2.24, 2.45) is 4.99 Å². The Kier molecular flexibility index (Phi) is 2.85. The normalized spacial score (nSPS) is 10.0. The van der Waals surface area contributed by atoms with Crippen molar-refractivity contribution in [2.75, 3.05) is 6.61 Å². The number of ether oxygens (including phenoxy) is 1. The zero-order chi connectivity index (χ0) is 8.81. The molecule has 5 nitrogen and oxygen atoms in total. The van der Waals surface area contributed by atoms with Crippen LogP contribution >= 0.6 is 0 Å². The van der Waals surface area contributed by atoms with Crippen molar-refractivity contribution >= 4 is 12.3 Å². The van der Waals surface area contributed by atoms with Crippen LogP contribution in [0, 0.1) is 11.3 Å². The molecule has 0 amide bonds. The van der Waals surface area contributed by atoms with Crippen molar-refractivity contribution in [3.05, 3.63) is 12.1 Å². The first-order valence-corrected chi connectivity index (χ1v) is 3.36. The van der Waals surface area contributed by atoms with Crippen LogP contribution in [-0.2, 0) is 4.74 Å². The van der Waals surface area contributed by atoms with Gasteiger partial charge in [-0.25, -0.2) is 4.98 Å². The van der Waals surface area contributed by atoms with Crippen molar-refractivity contribution in [1.29, 1.82) is 5.26 Å². The Bertz CT molecular complexity index is 311. The lowest BCUT2D eigenvalue weighted by Crippen LogP contribution is -1.83. The highest BCUT2D eigenvalue weighted by atomic mass is 16.5. The van der Waals surface area contributed by atoms with Gasteiger partial charge in [0.15, 0.2) is 12.8 Å². The monoisotopic (exact) mass is 165 g/mol. The van der Waals surface area contributed by atoms with Crippen LogP contribution in [0.3, 0.4) is 0 Å². The van der Waals surface area contributed by atoms with Crippen LogP contribution in [0.5, 0.6) is 0 Å². The molecule has 1 heterocycles. The zero-order valence-electron chi connectivity index (χ0n) is 6.52. The average molecular weight is 165 g/mol. The molecule has 0 unspecified atom stereocenters. The Morgan fingerprint density at radius 1 is 1.92 bits per heavy atom. The van der Waals surface area contributed by atoms with Crippen LogP contribution in [0.1, 0.15) is 12.6 Å². The standard InChI is InChI=1S/C7H7N3O2/c1-2-11-4-10-7-6(3-8)9-5-12-7/h4-5H,2H2,1H3/b10-4+. The molecule has 0 fully saturated rings. The summed E-state index contributed by atoms with van der Waals surface area (Å²) in [5.41, 5.74) is 0.158. The molecular weight excluding hydrogens is 158 g/mol. The largest absolute Gasteiger partial charge is 0.483 e. The molecule has 1 aromatic rings. The third-order valence-electron chi connectivity index (χ3n) is 1.07. The van der Waals surface area contributed by atoms with E-state index in [-0.39, 0.29) is 11.6 Å². The van der Waals surface area contributed by atoms with Crippen molar-refractivity contribution in [2.45, 2.75) is 6.92 Å². The third kappa shape index (κ3) is 1.83. The first kappa shape index (κ1) is 8.27. The minimum Gasteiger partial charge on any atom is -0.483 e. The Hall–Kier alpha value is -1.83. The summed E-state index contributed by atoms with van der Waals surface area (Å²) in [6, 6.07) is 1.83. The molecule has 0 N–H and O–H groups in total. The van der Waals surface area contributed by atoms with Gasteiger partial charge >= 0.3 is 0 Å². The Morgan fingerprint density at radius 2 is 2.75 bits per heavy atom. The Morgan fingerprint density at radius 3 is 3.42 bits per heavy atom. The van der Waals surface area contributed by atoms with Crippen molar-refractivity contribution in [1.82, 2.24) is 4.98 Å². The second-order valence-electron chi connectivity index (χ2n) is 1.81. The highest BCUT2D eigenvalue weighted by Crippen LogP contribution is 2.14. The van der Waals surface area contributed by atoms with E-state index in [1.807, 2.05) is 13.0 Å². The van der Waals surface area contributed by atoms with E-state index in [4.69, 9.17) is 14.4 Å². The van der Waals surface area contributed by atoms with Crippen LogP contribution in [-0.4, -0.2) is 18.0 Å². The Balaban J connectivity index is 2.69. The molecule has 0 saturated heterocycles. The number of hydrogen-bond acceptors (Lipinski definition) is 5. The minimum absolute atomic E-state index is 0.158. The molecule has 0 aliphatic heterocycles. The number of oxazole rings is 1. The molecule has 0 aliphatic carbocycles. The maximum Gasteiger partial charge on any atom is 0.260 e. The van der Waals surface area contributed by atoms with Gasteiger partial charge in [0.2, 0.25) is 5.69 Å². The molecule has 0 atom stereocenters. The number of nitrogens with zero attached hydrogens (tertiary/aromatic N) is 3. The highest BCUT2D eigenvalue weighted by molar-refractivity contribution is 5.55. The van der Waals surface area contributed by atoms with Gasteiger partial charge in [-0.1, -0.05) is 0 Å². The van der Waals surface area contributed by atoms with Crippen LogP contribution < -0.4 is 0 Å². The van der Waals surface area contributed by atoms with Crippen LogP contribution in [0.2, 0.25) is 0 Å². The summed E-state index contributed by atoms with van der Waals surface area (Å²) < 4.78 is 9.61. The number of nitriles is 1. The summed E-state index contributed by atoms with van der Waals surface area (Å²) in [5, 5.41) is 8.48. The van der Waals surface area contributed by atoms with Gasteiger partial charge in [-0.3, -0.25) is 0 Å². The van der Waals surface area contributed by atoms with Gasteiger partial charge in [-0.05, 0) is 6.92 Å². The molecule has 0 spiro atoms. The fourth-order valence-electron chi connectivity index (χ4n) is 0.568. The molecule has 1 aromatic heterocycles. The second-order valence-corrected chi connectivity index (χ2v) is 1.81. The predicted octanol–water partition coefficient (Wildman–Crippen LogP) is 1.24. The zero-order valence-corrected chi connectivity index (χ0v) is 6.52. The molecule has 0 bridgehead atoms. The summed E-state index contributed by atoms with van der Waals surface area (Å²) in [6.07, 6.45) is 2.39. The average Bonchev–Trinajstić information content (AvgIpc) is 2.52. The Labute approximate surface area is 69.3 Å². The maximum atomic E-state index is 8.48. The van der Waals surface area contributed by atoms with Crippen molar-refractivity contribution < 1.29 is 9.15 Å². The minimum atomic E-state index is 0.158. The van der Waals surface area contributed by atoms with E-state index in [0.29, 0.717) is 6.61 Å². The highest BCUT2D eigenvalue weighted by Gasteiger charge is 2.03. The maximum absolute atomic E-state index is 8.48. The van der Waals surface area contributed by atoms with Gasteiger partial charge in [0.05, 0.1) is 6.61 Å². The molecule has 5 heteroatoms. The summed E-state index contributed by atoms with van der Waals surface area (Å²) >= 11 is 0. The van der Waals surface area contributed by atoms with Gasteiger partial charge in [0, 0.05) is 0 Å². The molecule has 0 radical (unpaired) electrons. The van der Waals surface area contributed by atoms with E-state index in [2.05, 4.69) is 9.98 Å². The van der Waals surface area contributed by atoms with Gasteiger partial charge in [-0.2, -0.15) is 10.3 Å². The SMILES string of the molecule is CCO/C=N/c1ocnc1C#N. The lowest BCUT2D eigenvalue weighted by atomic mass is 10.5. The lowest BCUT2D eigenvalue weighted by molar-refractivity contribution is 0.343. The number of aromatic nitrogens is 1. The number of rotatable bonds is 3. The third-order valence-corrected chi connectivity index (χ3v) is 1.07. The molecule has 62 valence electrons. The molecule has 0 aromatic carbocycles. The van der Waals surface area contributed by atoms with E-state index < -0.39 is 0 Å². The first-order valence-electron chi connectivity index (χ1n) is 3.36. The summed E-state index contributed by atoms with van der Waals surface area (Å²) in [6.45, 7) is 2.36. The quantitative estimate of drug-likeness (QED) is 0.499. The van der Waals surface area contributed by atoms with Crippen molar-refractivity contribution in [3.8, 4) is 6.07 Å². The fraction of sp³-hybridized carbons (Fsp3) is 0.286. The summed E-state index contributed by atoms with van der Waals surface area (Å²) in [7, 11) is 0. The number of aliphatic imine (C=N–C) groups is 1. The number of hydrogen-bond donors (Lipinski definition) is 0. The van der Waals surface area contributed by atoms with Gasteiger partial charge in [-0.15, -0.1) is 0 Å². The predicted molar refractivity (Wildman–Crippen MR) is 41.0 cm³/mol.